The summed E-state index contributed by atoms with van der Waals surface area (Å²) in [6.45, 7) is 1.43. The van der Waals surface area contributed by atoms with E-state index in [0.29, 0.717) is 48.5 Å². The van der Waals surface area contributed by atoms with Crippen molar-refractivity contribution in [2.45, 2.75) is 44.0 Å². The molecule has 0 atom stereocenters. The third-order valence-electron chi connectivity index (χ3n) is 8.26. The van der Waals surface area contributed by atoms with Crippen LogP contribution in [-0.2, 0) is 46.2 Å². The van der Waals surface area contributed by atoms with Gasteiger partial charge in [0.15, 0.2) is 14.3 Å². The summed E-state index contributed by atoms with van der Waals surface area (Å²) in [7, 11) is -10.4. The molecule has 369 valence electrons. The maximum Gasteiger partial charge on any atom is 3.00 e. The molecule has 5 aromatic rings. The normalized spacial score (nSPS) is 11.4. The Balaban J connectivity index is 0.00000254. The van der Waals surface area contributed by atoms with Gasteiger partial charge in [-0.25, -0.2) is 0 Å². The van der Waals surface area contributed by atoms with Crippen LogP contribution < -0.4 is 25.9 Å². The number of nitrogens with zero attached hydrogens (tertiary/aromatic N) is 5. The number of pyridine rings is 1. The van der Waals surface area contributed by atoms with Crippen LogP contribution >= 0.6 is 14.3 Å². The van der Waals surface area contributed by atoms with Gasteiger partial charge in [-0.15, -0.1) is 0 Å². The van der Waals surface area contributed by atoms with Crippen LogP contribution in [0.15, 0.2) is 115 Å². The summed E-state index contributed by atoms with van der Waals surface area (Å²) in [5.41, 5.74) is -7.87. The van der Waals surface area contributed by atoms with Gasteiger partial charge in [-0.05, 0) is 30.3 Å². The second-order valence-corrected chi connectivity index (χ2v) is 18.1. The second kappa shape index (κ2) is 26.0. The summed E-state index contributed by atoms with van der Waals surface area (Å²) < 4.78 is 201. The van der Waals surface area contributed by atoms with Gasteiger partial charge in [-0.2, -0.15) is 62.7 Å². The predicted octanol–water partition coefficient (Wildman–Crippen LogP) is 9.24. The first-order valence-corrected chi connectivity index (χ1v) is 21.2. The van der Waals surface area contributed by atoms with E-state index in [1.807, 2.05) is 0 Å². The molecule has 32 heteroatoms. The van der Waals surface area contributed by atoms with E-state index in [9.17, 15) is 67.0 Å². The Morgan fingerprint density at radius 3 is 0.812 bits per heavy atom. The molecular formula is C37H26F12N5NdO12P2. The third kappa shape index (κ3) is 18.4. The van der Waals surface area contributed by atoms with Crippen molar-refractivity contribution in [3.63, 3.8) is 0 Å². The number of hydrogen-bond donors (Lipinski definition) is 0. The van der Waals surface area contributed by atoms with Gasteiger partial charge in [0.2, 0.25) is 11.4 Å². The van der Waals surface area contributed by atoms with Crippen LogP contribution in [0, 0.1) is 103 Å². The fraction of sp³-hybridized carbons (Fsp3) is 0.189. The summed E-state index contributed by atoms with van der Waals surface area (Å²) >= 11 is 0. The summed E-state index contributed by atoms with van der Waals surface area (Å²) in [5, 5.41) is 61.1. The van der Waals surface area contributed by atoms with E-state index in [1.165, 1.54) is 6.92 Å². The molecule has 4 aromatic carbocycles. The molecule has 0 saturated heterocycles. The van der Waals surface area contributed by atoms with Crippen LogP contribution in [0.3, 0.4) is 0 Å². The van der Waals surface area contributed by atoms with Crippen molar-refractivity contribution in [2.24, 2.45) is 0 Å². The Hall–Kier alpha value is -6.11. The fourth-order valence-corrected chi connectivity index (χ4v) is 12.2. The summed E-state index contributed by atoms with van der Waals surface area (Å²) in [5.74, 6) is 0. The molecule has 0 saturated carbocycles. The number of benzene rings is 4. The predicted molar refractivity (Wildman–Crippen MR) is 215 cm³/mol. The molecule has 0 aliphatic carbocycles. The van der Waals surface area contributed by atoms with Crippen LogP contribution in [-0.4, -0.2) is 15.3 Å². The van der Waals surface area contributed by atoms with Gasteiger partial charge in [0.05, 0.1) is 55.9 Å². The molecule has 0 aliphatic rings. The molecule has 69 heavy (non-hydrogen) atoms. The standard InChI is InChI=1S/C35H23F12NO3P2.C2H3N.3NO3.Nd/c36-32(37,38)24-12-1-5-16-28(24)52(50,29-17-6-2-13-25(29)33(39,40)41)20-22-10-9-11-23(48(22)49)21-53(51,30-18-7-3-14-26(30)34(42,43)44)31-19-8-4-15-27(31)35(45,46)47;1-2-3;3*2-1(3)4;/h1-19H,20-21H2;1H3;;;;/q;;3*-1;+3. The minimum absolute atomic E-state index is 0. The van der Waals surface area contributed by atoms with Crippen molar-refractivity contribution in [1.82, 2.24) is 0 Å². The van der Waals surface area contributed by atoms with Crippen molar-refractivity contribution in [3.05, 3.63) is 200 Å². The second-order valence-electron chi connectivity index (χ2n) is 12.6. The minimum atomic E-state index is -5.25. The Morgan fingerprint density at radius 2 is 0.638 bits per heavy atom. The number of rotatable bonds is 8. The average Bonchev–Trinajstić information content (AvgIpc) is 3.21. The molecule has 1 radical (unpaired) electrons. The van der Waals surface area contributed by atoms with Crippen molar-refractivity contribution in [1.29, 1.82) is 5.26 Å². The summed E-state index contributed by atoms with van der Waals surface area (Å²) in [4.78, 5) is 24.8. The molecule has 0 spiro atoms. The van der Waals surface area contributed by atoms with Crippen LogP contribution in [0.2, 0.25) is 0 Å². The Labute approximate surface area is 411 Å². The number of aromatic nitrogens is 1. The van der Waals surface area contributed by atoms with E-state index in [-0.39, 0.29) is 45.6 Å². The number of hydrogen-bond acceptors (Lipinski definition) is 13. The van der Waals surface area contributed by atoms with Crippen molar-refractivity contribution in [2.75, 3.05) is 0 Å². The van der Waals surface area contributed by atoms with Crippen molar-refractivity contribution < 1.29 is 123 Å². The molecule has 5 rings (SSSR count). The summed E-state index contributed by atoms with van der Waals surface area (Å²) in [6.07, 6.45) is -23.7. The SMILES string of the molecule is CC#N.O=P(Cc1cccc(CP(=O)(c2ccccc2C(F)(F)F)c2ccccc2C(F)(F)F)[n+]1[O-])(c1ccccc1C(F)(F)F)c1ccccc1C(F)(F)F.O=[N+]([O-])[O-].O=[N+]([O-])[O-].O=[N+]([O-])[O-].[Nd+3]. The summed E-state index contributed by atoms with van der Waals surface area (Å²) in [6, 6.07) is 16.7. The first kappa shape index (κ1) is 62.9. The van der Waals surface area contributed by atoms with Gasteiger partial charge < -0.3 is 60.3 Å². The molecule has 0 N–H and O–H groups in total. The molecule has 0 amide bonds. The Bertz CT molecular complexity index is 2390. The van der Waals surface area contributed by atoms with E-state index in [1.54, 1.807) is 6.07 Å². The van der Waals surface area contributed by atoms with Crippen LogP contribution in [0.1, 0.15) is 40.6 Å². The zero-order valence-corrected chi connectivity index (χ0v) is 38.9. The van der Waals surface area contributed by atoms with Gasteiger partial charge in [0.25, 0.3) is 0 Å². The van der Waals surface area contributed by atoms with E-state index in [2.05, 4.69) is 0 Å². The molecule has 0 aliphatic heterocycles. The van der Waals surface area contributed by atoms with Crippen molar-refractivity contribution in [3.8, 4) is 6.07 Å². The smallest absolute Gasteiger partial charge is 0.618 e. The molecule has 1 heterocycles. The fourth-order valence-electron chi connectivity index (χ4n) is 5.99. The molecule has 1 aromatic heterocycles. The number of nitriles is 1. The topological polar surface area (TPSA) is 283 Å². The Morgan fingerprint density at radius 1 is 0.464 bits per heavy atom. The van der Waals surface area contributed by atoms with Crippen molar-refractivity contribution >= 4 is 35.5 Å². The number of alkyl halides is 12. The zero-order chi connectivity index (χ0) is 52.6. The molecular weight excluding hydrogens is 1140 g/mol. The van der Waals surface area contributed by atoms with Gasteiger partial charge in [-0.1, -0.05) is 72.8 Å². The van der Waals surface area contributed by atoms with E-state index in [0.717, 1.165) is 66.7 Å². The van der Waals surface area contributed by atoms with Gasteiger partial charge in [-0.3, -0.25) is 0 Å². The van der Waals surface area contributed by atoms with Crippen LogP contribution in [0.5, 0.6) is 0 Å². The molecule has 17 nitrogen and oxygen atoms in total. The first-order valence-electron chi connectivity index (χ1n) is 17.4. The quantitative estimate of drug-likeness (QED) is 0.0350. The Kier molecular flexibility index (Phi) is 23.7. The number of halogens is 12. The van der Waals surface area contributed by atoms with Crippen LogP contribution in [0.4, 0.5) is 52.7 Å². The largest absolute Gasteiger partial charge is 3.00 e. The van der Waals surface area contributed by atoms with Gasteiger partial charge >= 0.3 is 65.5 Å². The maximum atomic E-state index is 15.0. The maximum absolute atomic E-state index is 15.0. The first-order chi connectivity index (χ1) is 31.1. The zero-order valence-electron chi connectivity index (χ0n) is 33.9. The monoisotopic (exact) mass is 1160 g/mol. The van der Waals surface area contributed by atoms with E-state index < -0.39 is 121 Å². The molecule has 0 unspecified atom stereocenters. The van der Waals surface area contributed by atoms with E-state index >= 15 is 0 Å². The molecule has 0 fully saturated rings. The van der Waals surface area contributed by atoms with E-state index in [4.69, 9.17) is 51.2 Å². The van der Waals surface area contributed by atoms with Crippen LogP contribution in [0.25, 0.3) is 0 Å². The minimum Gasteiger partial charge on any atom is -0.618 e. The molecule has 0 bridgehead atoms. The average molecular weight is 1170 g/mol. The third-order valence-corrected chi connectivity index (χ3v) is 14.5. The van der Waals surface area contributed by atoms with Gasteiger partial charge in [0, 0.05) is 40.3 Å². The van der Waals surface area contributed by atoms with Gasteiger partial charge in [0.1, 0.15) is 0 Å².